The van der Waals surface area contributed by atoms with Crippen molar-refractivity contribution in [2.24, 2.45) is 0 Å². The molecular formula is C7H11Cl2O4P. The Morgan fingerprint density at radius 2 is 2.14 bits per heavy atom. The normalized spacial score (nSPS) is 15.3. The van der Waals surface area contributed by atoms with Crippen molar-refractivity contribution >= 4 is 34.5 Å². The van der Waals surface area contributed by atoms with Gasteiger partial charge in [0.2, 0.25) is 0 Å². The summed E-state index contributed by atoms with van der Waals surface area (Å²) in [5, 5.41) is 8.51. The highest BCUT2D eigenvalue weighted by molar-refractivity contribution is 8.05. The van der Waals surface area contributed by atoms with E-state index in [0.29, 0.717) is 6.42 Å². The fourth-order valence-electron chi connectivity index (χ4n) is 0.683. The lowest BCUT2D eigenvalue weighted by molar-refractivity contribution is -0.132. The van der Waals surface area contributed by atoms with Crippen LogP contribution in [0.2, 0.25) is 0 Å². The summed E-state index contributed by atoms with van der Waals surface area (Å²) in [4.78, 5) is 10.4. The minimum atomic E-state index is -3.54. The highest BCUT2D eigenvalue weighted by atomic mass is 35.9. The van der Waals surface area contributed by atoms with Gasteiger partial charge in [-0.15, -0.1) is 0 Å². The zero-order valence-corrected chi connectivity index (χ0v) is 10.1. The third-order valence-corrected chi connectivity index (χ3v) is 2.48. The number of hydrogen-bond acceptors (Lipinski definition) is 3. The van der Waals surface area contributed by atoms with Gasteiger partial charge in [0.15, 0.2) is 0 Å². The maximum atomic E-state index is 10.8. The Hall–Kier alpha value is -0.0200. The van der Waals surface area contributed by atoms with Gasteiger partial charge in [0.05, 0.1) is 6.10 Å². The maximum absolute atomic E-state index is 10.8. The molecule has 0 spiro atoms. The molecular weight excluding hydrogens is 250 g/mol. The molecule has 0 fully saturated rings. The summed E-state index contributed by atoms with van der Waals surface area (Å²) in [6.45, 7) is 3.05. The number of carboxylic acid groups (broad SMARTS) is 1. The lowest BCUT2D eigenvalue weighted by atomic mass is 10.2. The Bertz CT molecular complexity index is 283. The molecule has 0 aromatic carbocycles. The summed E-state index contributed by atoms with van der Waals surface area (Å²) in [5.74, 6) is -1.00. The van der Waals surface area contributed by atoms with E-state index in [4.69, 9.17) is 32.1 Å². The largest absolute Gasteiger partial charge is 0.478 e. The summed E-state index contributed by atoms with van der Waals surface area (Å²) in [5.41, 5.74) is 0.194. The van der Waals surface area contributed by atoms with E-state index in [0.717, 1.165) is 0 Å². The Labute approximate surface area is 91.9 Å². The molecule has 0 bridgehead atoms. The van der Waals surface area contributed by atoms with Crippen LogP contribution in [0.25, 0.3) is 0 Å². The fraction of sp³-hybridized carbons (Fsp3) is 0.571. The second-order valence-corrected chi connectivity index (χ2v) is 6.99. The van der Waals surface area contributed by atoms with E-state index in [2.05, 4.69) is 0 Å². The summed E-state index contributed by atoms with van der Waals surface area (Å²) < 4.78 is 15.5. The van der Waals surface area contributed by atoms with Gasteiger partial charge < -0.3 is 9.63 Å². The minimum absolute atomic E-state index is 0.194. The number of halogens is 2. The van der Waals surface area contributed by atoms with E-state index in [-0.39, 0.29) is 5.57 Å². The zero-order valence-electron chi connectivity index (χ0n) is 7.74. The van der Waals surface area contributed by atoms with Crippen molar-refractivity contribution in [3.8, 4) is 0 Å². The molecule has 4 nitrogen and oxygen atoms in total. The maximum Gasteiger partial charge on any atom is 0.380 e. The average molecular weight is 261 g/mol. The second-order valence-electron chi connectivity index (χ2n) is 2.76. The summed E-state index contributed by atoms with van der Waals surface area (Å²) in [6, 6.07) is 0. The van der Waals surface area contributed by atoms with E-state index in [1.165, 1.54) is 13.0 Å². The van der Waals surface area contributed by atoms with Gasteiger partial charge in [0, 0.05) is 5.57 Å². The molecule has 1 N–H and O–H groups in total. The molecule has 7 heteroatoms. The van der Waals surface area contributed by atoms with Crippen molar-refractivity contribution in [1.82, 2.24) is 0 Å². The van der Waals surface area contributed by atoms with Gasteiger partial charge >= 0.3 is 12.0 Å². The third kappa shape index (κ3) is 7.39. The summed E-state index contributed by atoms with van der Waals surface area (Å²) in [6.07, 6.45) is -2.27. The van der Waals surface area contributed by atoms with Gasteiger partial charge in [-0.1, -0.05) is 6.08 Å². The molecule has 82 valence electrons. The second kappa shape index (κ2) is 5.76. The Kier molecular flexibility index (Phi) is 5.75. The number of hydrogen-bond donors (Lipinski definition) is 1. The van der Waals surface area contributed by atoms with Crippen LogP contribution in [-0.2, 0) is 13.9 Å². The van der Waals surface area contributed by atoms with Crippen molar-refractivity contribution in [3.63, 3.8) is 0 Å². The molecule has 0 saturated carbocycles. The number of rotatable bonds is 5. The third-order valence-electron chi connectivity index (χ3n) is 1.40. The smallest absolute Gasteiger partial charge is 0.380 e. The van der Waals surface area contributed by atoms with E-state index < -0.39 is 18.1 Å². The molecule has 1 unspecified atom stereocenters. The molecule has 0 aromatic heterocycles. The van der Waals surface area contributed by atoms with Gasteiger partial charge in [-0.05, 0) is 42.7 Å². The average Bonchev–Trinajstić information content (AvgIpc) is 1.96. The van der Waals surface area contributed by atoms with Gasteiger partial charge in [-0.3, -0.25) is 4.57 Å². The quantitative estimate of drug-likeness (QED) is 0.608. The molecule has 0 saturated heterocycles. The first-order chi connectivity index (χ1) is 6.22. The first kappa shape index (κ1) is 14.0. The molecule has 0 amide bonds. The van der Waals surface area contributed by atoms with Crippen molar-refractivity contribution in [2.75, 3.05) is 0 Å². The molecule has 0 heterocycles. The fourth-order valence-corrected chi connectivity index (χ4v) is 2.00. The predicted molar refractivity (Wildman–Crippen MR) is 55.9 cm³/mol. The van der Waals surface area contributed by atoms with Crippen LogP contribution in [0, 0.1) is 0 Å². The van der Waals surface area contributed by atoms with Crippen LogP contribution in [0.3, 0.4) is 0 Å². The van der Waals surface area contributed by atoms with E-state index >= 15 is 0 Å². The van der Waals surface area contributed by atoms with Crippen LogP contribution in [0.5, 0.6) is 0 Å². The van der Waals surface area contributed by atoms with Crippen molar-refractivity contribution in [2.45, 2.75) is 26.4 Å². The Balaban J connectivity index is 4.09. The van der Waals surface area contributed by atoms with Crippen molar-refractivity contribution in [3.05, 3.63) is 11.6 Å². The number of carboxylic acids is 1. The lowest BCUT2D eigenvalue weighted by Crippen LogP contribution is -2.03. The van der Waals surface area contributed by atoms with E-state index in [9.17, 15) is 9.36 Å². The predicted octanol–water partition coefficient (Wildman–Crippen LogP) is 3.40. The molecule has 14 heavy (non-hydrogen) atoms. The first-order valence-electron chi connectivity index (χ1n) is 3.80. The van der Waals surface area contributed by atoms with E-state index in [1.807, 2.05) is 0 Å². The lowest BCUT2D eigenvalue weighted by Gasteiger charge is -2.10. The van der Waals surface area contributed by atoms with Gasteiger partial charge in [-0.2, -0.15) is 0 Å². The highest BCUT2D eigenvalue weighted by Crippen LogP contribution is 2.58. The van der Waals surface area contributed by atoms with Crippen LogP contribution >= 0.6 is 28.6 Å². The van der Waals surface area contributed by atoms with Crippen LogP contribution < -0.4 is 0 Å². The first-order valence-corrected chi connectivity index (χ1v) is 7.23. The summed E-state index contributed by atoms with van der Waals surface area (Å²) in [7, 11) is 0. The number of carbonyl (C=O) groups is 1. The SMILES string of the molecule is CC(=CCC(C)OP(=O)(Cl)Cl)C(=O)O. The monoisotopic (exact) mass is 260 g/mol. The highest BCUT2D eigenvalue weighted by Gasteiger charge is 2.18. The van der Waals surface area contributed by atoms with Gasteiger partial charge in [-0.25, -0.2) is 4.79 Å². The van der Waals surface area contributed by atoms with Crippen molar-refractivity contribution in [1.29, 1.82) is 0 Å². The minimum Gasteiger partial charge on any atom is -0.478 e. The zero-order chi connectivity index (χ0) is 11.4. The topological polar surface area (TPSA) is 63.6 Å². The van der Waals surface area contributed by atoms with Gasteiger partial charge in [0.25, 0.3) is 0 Å². The van der Waals surface area contributed by atoms with Gasteiger partial charge in [0.1, 0.15) is 0 Å². The van der Waals surface area contributed by atoms with Crippen molar-refractivity contribution < 1.29 is 19.0 Å². The van der Waals surface area contributed by atoms with Crippen LogP contribution in [0.1, 0.15) is 20.3 Å². The molecule has 1 atom stereocenters. The molecule has 0 radical (unpaired) electrons. The van der Waals surface area contributed by atoms with E-state index in [1.54, 1.807) is 6.92 Å². The Morgan fingerprint density at radius 1 is 1.64 bits per heavy atom. The standard InChI is InChI=1S/C7H11Cl2O4P/c1-5(7(10)11)3-4-6(2)13-14(8,9)12/h3,6H,4H2,1-2H3,(H,10,11). The number of aliphatic carboxylic acids is 1. The molecule has 0 aliphatic carbocycles. The molecule has 0 aromatic rings. The van der Waals surface area contributed by atoms with Crippen LogP contribution in [0.4, 0.5) is 0 Å². The molecule has 0 aliphatic heterocycles. The van der Waals surface area contributed by atoms with Crippen LogP contribution in [-0.4, -0.2) is 17.2 Å². The Morgan fingerprint density at radius 3 is 2.50 bits per heavy atom. The summed E-state index contributed by atoms with van der Waals surface area (Å²) >= 11 is 10.3. The van der Waals surface area contributed by atoms with Crippen LogP contribution in [0.15, 0.2) is 11.6 Å². The molecule has 0 aliphatic rings. The molecule has 0 rings (SSSR count).